The number of piperazine rings is 1. The molecule has 0 unspecified atom stereocenters. The summed E-state index contributed by atoms with van der Waals surface area (Å²) >= 11 is 6.14. The van der Waals surface area contributed by atoms with E-state index in [2.05, 4.69) is 16.2 Å². The summed E-state index contributed by atoms with van der Waals surface area (Å²) in [6.07, 6.45) is 3.58. The lowest BCUT2D eigenvalue weighted by Gasteiger charge is -2.34. The van der Waals surface area contributed by atoms with Crippen LogP contribution in [0.25, 0.3) is 11.3 Å². The van der Waals surface area contributed by atoms with E-state index in [-0.39, 0.29) is 5.91 Å². The number of carbonyl (C=O) groups is 1. The van der Waals surface area contributed by atoms with Crippen LogP contribution in [-0.4, -0.2) is 51.7 Å². The second kappa shape index (κ2) is 7.58. The molecule has 1 aliphatic rings. The van der Waals surface area contributed by atoms with E-state index in [9.17, 15) is 4.79 Å². The molecule has 0 N–H and O–H groups in total. The maximum absolute atomic E-state index is 12.4. The zero-order valence-electron chi connectivity index (χ0n) is 15.1. The molecule has 0 bridgehead atoms. The van der Waals surface area contributed by atoms with Crippen molar-refractivity contribution in [2.75, 3.05) is 26.2 Å². The minimum Gasteiger partial charge on any atom is -0.459 e. The van der Waals surface area contributed by atoms with E-state index in [4.69, 9.17) is 16.0 Å². The first-order valence-corrected chi connectivity index (χ1v) is 9.31. The van der Waals surface area contributed by atoms with Gasteiger partial charge in [0.1, 0.15) is 0 Å². The number of aromatic nitrogens is 2. The first-order chi connectivity index (χ1) is 13.1. The maximum atomic E-state index is 12.4. The Morgan fingerprint density at radius 3 is 2.70 bits per heavy atom. The Hall–Kier alpha value is -2.57. The molecule has 140 valence electrons. The van der Waals surface area contributed by atoms with Gasteiger partial charge in [-0.25, -0.2) is 0 Å². The first kappa shape index (κ1) is 17.8. The largest absolute Gasteiger partial charge is 0.459 e. The summed E-state index contributed by atoms with van der Waals surface area (Å²) in [5.74, 6) is 0.361. The molecule has 3 heterocycles. The molecule has 4 rings (SSSR count). The van der Waals surface area contributed by atoms with Gasteiger partial charge in [0.25, 0.3) is 5.91 Å². The Labute approximate surface area is 162 Å². The van der Waals surface area contributed by atoms with Gasteiger partial charge in [0.2, 0.25) is 0 Å². The first-order valence-electron chi connectivity index (χ1n) is 8.94. The smallest absolute Gasteiger partial charge is 0.289 e. The second-order valence-electron chi connectivity index (χ2n) is 6.73. The second-order valence-corrected chi connectivity index (χ2v) is 7.17. The van der Waals surface area contributed by atoms with E-state index in [0.29, 0.717) is 23.9 Å². The van der Waals surface area contributed by atoms with Gasteiger partial charge in [-0.2, -0.15) is 5.10 Å². The van der Waals surface area contributed by atoms with Crippen molar-refractivity contribution in [1.82, 2.24) is 19.6 Å². The Bertz CT molecular complexity index is 927. The SMILES string of the molecule is Cn1cc(CN2CCN(C(=O)c3ccco3)CC2)c(-c2cccc(Cl)c2)n1. The number of halogens is 1. The van der Waals surface area contributed by atoms with E-state index in [1.807, 2.05) is 40.9 Å². The van der Waals surface area contributed by atoms with Crippen molar-refractivity contribution in [2.24, 2.45) is 7.05 Å². The summed E-state index contributed by atoms with van der Waals surface area (Å²) < 4.78 is 7.06. The molecule has 7 heteroatoms. The van der Waals surface area contributed by atoms with E-state index in [0.717, 1.165) is 36.5 Å². The Morgan fingerprint density at radius 1 is 1.19 bits per heavy atom. The summed E-state index contributed by atoms with van der Waals surface area (Å²) in [7, 11) is 1.93. The summed E-state index contributed by atoms with van der Waals surface area (Å²) in [6, 6.07) is 11.2. The third kappa shape index (κ3) is 3.91. The number of rotatable bonds is 4. The Kier molecular flexibility index (Phi) is 5.01. The van der Waals surface area contributed by atoms with Crippen LogP contribution in [0, 0.1) is 0 Å². The lowest BCUT2D eigenvalue weighted by atomic mass is 10.1. The number of aryl methyl sites for hydroxylation is 1. The van der Waals surface area contributed by atoms with Crippen molar-refractivity contribution in [2.45, 2.75) is 6.54 Å². The fourth-order valence-electron chi connectivity index (χ4n) is 3.44. The van der Waals surface area contributed by atoms with Gasteiger partial charge in [-0.15, -0.1) is 0 Å². The summed E-state index contributed by atoms with van der Waals surface area (Å²) in [6.45, 7) is 3.80. The molecule has 1 aromatic carbocycles. The van der Waals surface area contributed by atoms with Crippen molar-refractivity contribution in [3.63, 3.8) is 0 Å². The van der Waals surface area contributed by atoms with Crippen molar-refractivity contribution < 1.29 is 9.21 Å². The zero-order valence-corrected chi connectivity index (χ0v) is 15.9. The third-order valence-corrected chi connectivity index (χ3v) is 5.02. The molecule has 0 aliphatic carbocycles. The van der Waals surface area contributed by atoms with E-state index in [1.54, 1.807) is 12.1 Å². The Balaban J connectivity index is 1.43. The van der Waals surface area contributed by atoms with Gasteiger partial charge in [0.15, 0.2) is 5.76 Å². The third-order valence-electron chi connectivity index (χ3n) is 4.79. The minimum absolute atomic E-state index is 0.0411. The highest BCUT2D eigenvalue weighted by Crippen LogP contribution is 2.26. The molecule has 1 fully saturated rings. The predicted molar refractivity (Wildman–Crippen MR) is 104 cm³/mol. The van der Waals surface area contributed by atoms with Crippen LogP contribution in [0.15, 0.2) is 53.3 Å². The van der Waals surface area contributed by atoms with Crippen LogP contribution in [0.1, 0.15) is 16.1 Å². The molecule has 1 saturated heterocycles. The minimum atomic E-state index is -0.0411. The fourth-order valence-corrected chi connectivity index (χ4v) is 3.63. The standard InChI is InChI=1S/C20H21ClN4O2/c1-23-13-16(19(22-23)15-4-2-5-17(21)12-15)14-24-7-9-25(10-8-24)20(26)18-6-3-11-27-18/h2-6,11-13H,7-10,14H2,1H3. The molecule has 6 nitrogen and oxygen atoms in total. The number of furan rings is 1. The zero-order chi connectivity index (χ0) is 18.8. The topological polar surface area (TPSA) is 54.5 Å². The van der Waals surface area contributed by atoms with Crippen LogP contribution in [-0.2, 0) is 13.6 Å². The molecule has 27 heavy (non-hydrogen) atoms. The molecule has 0 spiro atoms. The van der Waals surface area contributed by atoms with Crippen LogP contribution in [0.4, 0.5) is 0 Å². The van der Waals surface area contributed by atoms with Crippen LogP contribution in [0.2, 0.25) is 5.02 Å². The molecule has 0 saturated carbocycles. The molecule has 0 atom stereocenters. The molecule has 3 aromatic rings. The van der Waals surface area contributed by atoms with Gasteiger partial charge in [-0.3, -0.25) is 14.4 Å². The Morgan fingerprint density at radius 2 is 2.00 bits per heavy atom. The fraction of sp³-hybridized carbons (Fsp3) is 0.300. The lowest BCUT2D eigenvalue weighted by molar-refractivity contribution is 0.0598. The van der Waals surface area contributed by atoms with Gasteiger partial charge >= 0.3 is 0 Å². The number of hydrogen-bond acceptors (Lipinski definition) is 4. The summed E-state index contributed by atoms with van der Waals surface area (Å²) in [4.78, 5) is 16.6. The predicted octanol–water partition coefficient (Wildman–Crippen LogP) is 3.29. The average molecular weight is 385 g/mol. The number of hydrogen-bond donors (Lipinski definition) is 0. The lowest BCUT2D eigenvalue weighted by Crippen LogP contribution is -2.48. The van der Waals surface area contributed by atoms with Gasteiger partial charge in [0, 0.05) is 62.1 Å². The quantitative estimate of drug-likeness (QED) is 0.692. The number of amides is 1. The van der Waals surface area contributed by atoms with Crippen molar-refractivity contribution in [3.05, 3.63) is 65.2 Å². The summed E-state index contributed by atoms with van der Waals surface area (Å²) in [5.41, 5.74) is 3.13. The van der Waals surface area contributed by atoms with Crippen molar-refractivity contribution in [1.29, 1.82) is 0 Å². The number of benzene rings is 1. The molecule has 1 amide bonds. The maximum Gasteiger partial charge on any atom is 0.289 e. The number of carbonyl (C=O) groups excluding carboxylic acids is 1. The van der Waals surface area contributed by atoms with Gasteiger partial charge in [-0.05, 0) is 24.3 Å². The van der Waals surface area contributed by atoms with Gasteiger partial charge in [0.05, 0.1) is 12.0 Å². The average Bonchev–Trinajstić information content (AvgIpc) is 3.32. The molecule has 2 aromatic heterocycles. The highest BCUT2D eigenvalue weighted by atomic mass is 35.5. The molecule has 1 aliphatic heterocycles. The molecular formula is C20H21ClN4O2. The number of nitrogens with zero attached hydrogens (tertiary/aromatic N) is 4. The highest BCUT2D eigenvalue weighted by Gasteiger charge is 2.24. The van der Waals surface area contributed by atoms with Crippen molar-refractivity contribution in [3.8, 4) is 11.3 Å². The van der Waals surface area contributed by atoms with E-state index >= 15 is 0 Å². The monoisotopic (exact) mass is 384 g/mol. The van der Waals surface area contributed by atoms with Gasteiger partial charge < -0.3 is 9.32 Å². The van der Waals surface area contributed by atoms with E-state index in [1.165, 1.54) is 6.26 Å². The van der Waals surface area contributed by atoms with Crippen LogP contribution in [0.3, 0.4) is 0 Å². The molecule has 0 radical (unpaired) electrons. The molecular weight excluding hydrogens is 364 g/mol. The van der Waals surface area contributed by atoms with Gasteiger partial charge in [-0.1, -0.05) is 23.7 Å². The normalized spacial score (nSPS) is 15.3. The van der Waals surface area contributed by atoms with Crippen molar-refractivity contribution >= 4 is 17.5 Å². The van der Waals surface area contributed by atoms with Crippen LogP contribution >= 0.6 is 11.6 Å². The van der Waals surface area contributed by atoms with E-state index < -0.39 is 0 Å². The van der Waals surface area contributed by atoms with Crippen LogP contribution < -0.4 is 0 Å². The summed E-state index contributed by atoms with van der Waals surface area (Å²) in [5, 5.41) is 5.32. The highest BCUT2D eigenvalue weighted by molar-refractivity contribution is 6.30. The van der Waals surface area contributed by atoms with Crippen LogP contribution in [0.5, 0.6) is 0 Å².